The van der Waals surface area contributed by atoms with Crippen molar-refractivity contribution in [2.45, 2.75) is 13.8 Å². The molecular weight excluding hydrogens is 302 g/mol. The lowest BCUT2D eigenvalue weighted by atomic mass is 10.1. The SMILES string of the molecule is C=C/C=C(\C=C/C)c1nc2c(Cl)cnn2cc1C(=O)OCC. The Labute approximate surface area is 133 Å². The summed E-state index contributed by atoms with van der Waals surface area (Å²) in [6.45, 7) is 7.60. The number of fused-ring (bicyclic) bond motifs is 1. The minimum atomic E-state index is -0.460. The van der Waals surface area contributed by atoms with E-state index in [4.69, 9.17) is 16.3 Å². The second kappa shape index (κ2) is 7.04. The molecule has 0 fully saturated rings. The summed E-state index contributed by atoms with van der Waals surface area (Å²) in [5, 5.41) is 4.48. The van der Waals surface area contributed by atoms with Gasteiger partial charge in [-0.2, -0.15) is 5.10 Å². The van der Waals surface area contributed by atoms with Gasteiger partial charge in [0.25, 0.3) is 0 Å². The van der Waals surface area contributed by atoms with E-state index in [1.165, 1.54) is 10.7 Å². The maximum atomic E-state index is 12.2. The van der Waals surface area contributed by atoms with Crippen molar-refractivity contribution in [1.29, 1.82) is 0 Å². The molecule has 0 saturated heterocycles. The topological polar surface area (TPSA) is 56.5 Å². The monoisotopic (exact) mass is 317 g/mol. The molecule has 0 amide bonds. The summed E-state index contributed by atoms with van der Waals surface area (Å²) in [5.74, 6) is -0.460. The maximum absolute atomic E-state index is 12.2. The lowest BCUT2D eigenvalue weighted by Crippen LogP contribution is -2.11. The van der Waals surface area contributed by atoms with Gasteiger partial charge in [-0.05, 0) is 13.8 Å². The number of aromatic nitrogens is 3. The van der Waals surface area contributed by atoms with Crippen LogP contribution in [0.2, 0.25) is 5.02 Å². The molecule has 0 bridgehead atoms. The predicted octanol–water partition coefficient (Wildman–Crippen LogP) is 3.70. The van der Waals surface area contributed by atoms with Crippen LogP contribution in [0.15, 0.2) is 43.3 Å². The van der Waals surface area contributed by atoms with Crippen molar-refractivity contribution in [3.63, 3.8) is 0 Å². The molecule has 2 rings (SSSR count). The van der Waals surface area contributed by atoms with Gasteiger partial charge < -0.3 is 4.74 Å². The van der Waals surface area contributed by atoms with Crippen molar-refractivity contribution in [2.24, 2.45) is 0 Å². The first-order valence-electron chi connectivity index (χ1n) is 6.79. The molecule has 2 heterocycles. The van der Waals surface area contributed by atoms with Crippen LogP contribution in [0, 0.1) is 0 Å². The first-order valence-corrected chi connectivity index (χ1v) is 7.17. The van der Waals surface area contributed by atoms with Crippen molar-refractivity contribution in [3.05, 3.63) is 59.6 Å². The van der Waals surface area contributed by atoms with Crippen LogP contribution in [-0.2, 0) is 4.74 Å². The molecule has 0 aliphatic heterocycles. The zero-order valence-corrected chi connectivity index (χ0v) is 13.2. The smallest absolute Gasteiger partial charge is 0.341 e. The predicted molar refractivity (Wildman–Crippen MR) is 86.9 cm³/mol. The molecule has 22 heavy (non-hydrogen) atoms. The number of carbonyl (C=O) groups excluding carboxylic acids is 1. The van der Waals surface area contributed by atoms with Crippen molar-refractivity contribution >= 4 is 28.8 Å². The zero-order chi connectivity index (χ0) is 16.1. The van der Waals surface area contributed by atoms with Crippen molar-refractivity contribution in [1.82, 2.24) is 14.6 Å². The highest BCUT2D eigenvalue weighted by atomic mass is 35.5. The average molecular weight is 318 g/mol. The van der Waals surface area contributed by atoms with E-state index in [1.807, 2.05) is 19.1 Å². The van der Waals surface area contributed by atoms with Crippen LogP contribution < -0.4 is 0 Å². The summed E-state index contributed by atoms with van der Waals surface area (Å²) in [7, 11) is 0. The van der Waals surface area contributed by atoms with E-state index < -0.39 is 5.97 Å². The molecule has 0 atom stereocenters. The Balaban J connectivity index is 2.73. The third kappa shape index (κ3) is 3.09. The fraction of sp³-hybridized carbons (Fsp3) is 0.188. The quantitative estimate of drug-likeness (QED) is 0.623. The van der Waals surface area contributed by atoms with E-state index in [1.54, 1.807) is 25.3 Å². The van der Waals surface area contributed by atoms with Gasteiger partial charge in [-0.15, -0.1) is 0 Å². The minimum Gasteiger partial charge on any atom is -0.462 e. The molecule has 0 unspecified atom stereocenters. The van der Waals surface area contributed by atoms with E-state index in [9.17, 15) is 4.79 Å². The summed E-state index contributed by atoms with van der Waals surface area (Å²) in [4.78, 5) is 16.7. The largest absolute Gasteiger partial charge is 0.462 e. The van der Waals surface area contributed by atoms with Gasteiger partial charge in [0, 0.05) is 11.8 Å². The lowest BCUT2D eigenvalue weighted by molar-refractivity contribution is 0.0524. The van der Waals surface area contributed by atoms with Gasteiger partial charge in [-0.25, -0.2) is 14.3 Å². The Morgan fingerprint density at radius 3 is 2.95 bits per heavy atom. The van der Waals surface area contributed by atoms with Crippen LogP contribution in [0.5, 0.6) is 0 Å². The molecular formula is C16H16ClN3O2. The van der Waals surface area contributed by atoms with Gasteiger partial charge in [0.05, 0.1) is 18.5 Å². The Morgan fingerprint density at radius 2 is 2.32 bits per heavy atom. The number of nitrogens with zero attached hydrogens (tertiary/aromatic N) is 3. The fourth-order valence-corrected chi connectivity index (χ4v) is 2.15. The van der Waals surface area contributed by atoms with Crippen LogP contribution >= 0.6 is 11.6 Å². The summed E-state index contributed by atoms with van der Waals surface area (Å²) < 4.78 is 6.56. The van der Waals surface area contributed by atoms with Crippen LogP contribution in [0.25, 0.3) is 11.2 Å². The van der Waals surface area contributed by atoms with Crippen LogP contribution in [-0.4, -0.2) is 27.2 Å². The van der Waals surface area contributed by atoms with Gasteiger partial charge in [-0.1, -0.05) is 42.5 Å². The number of hydrogen-bond donors (Lipinski definition) is 0. The lowest BCUT2D eigenvalue weighted by Gasteiger charge is -2.09. The molecule has 5 nitrogen and oxygen atoms in total. The second-order valence-corrected chi connectivity index (χ2v) is 4.75. The van der Waals surface area contributed by atoms with Crippen LogP contribution in [0.1, 0.15) is 29.9 Å². The zero-order valence-electron chi connectivity index (χ0n) is 12.4. The molecule has 0 spiro atoms. The Hall–Kier alpha value is -2.40. The van der Waals surface area contributed by atoms with Gasteiger partial charge in [0.15, 0.2) is 5.65 Å². The third-order valence-electron chi connectivity index (χ3n) is 2.86. The van der Waals surface area contributed by atoms with E-state index in [0.717, 1.165) is 5.57 Å². The van der Waals surface area contributed by atoms with Gasteiger partial charge in [0.1, 0.15) is 10.6 Å². The molecule has 2 aromatic heterocycles. The second-order valence-electron chi connectivity index (χ2n) is 4.34. The minimum absolute atomic E-state index is 0.278. The number of esters is 1. The average Bonchev–Trinajstić information content (AvgIpc) is 2.87. The molecule has 2 aromatic rings. The number of rotatable bonds is 5. The van der Waals surface area contributed by atoms with Crippen LogP contribution in [0.3, 0.4) is 0 Å². The molecule has 0 aliphatic rings. The standard InChI is InChI=1S/C16H16ClN3O2/c1-4-7-11(8-5-2)14-12(16(21)22-6-3)10-20-15(19-14)13(17)9-18-20/h4-5,7-10H,1,6H2,2-3H3/b8-5-,11-7+. The third-order valence-corrected chi connectivity index (χ3v) is 3.13. The molecule has 0 aromatic carbocycles. The first kappa shape index (κ1) is 16.0. The van der Waals surface area contributed by atoms with E-state index >= 15 is 0 Å². The van der Waals surface area contributed by atoms with Crippen molar-refractivity contribution in [2.75, 3.05) is 6.61 Å². The highest BCUT2D eigenvalue weighted by Gasteiger charge is 2.19. The molecule has 0 aliphatic carbocycles. The van der Waals surface area contributed by atoms with Crippen molar-refractivity contribution in [3.8, 4) is 0 Å². The Kier molecular flexibility index (Phi) is 5.12. The van der Waals surface area contributed by atoms with Gasteiger partial charge in [-0.3, -0.25) is 0 Å². The molecule has 114 valence electrons. The van der Waals surface area contributed by atoms with E-state index in [2.05, 4.69) is 16.7 Å². The van der Waals surface area contributed by atoms with E-state index in [-0.39, 0.29) is 6.61 Å². The summed E-state index contributed by atoms with van der Waals surface area (Å²) in [6, 6.07) is 0. The Morgan fingerprint density at radius 1 is 1.55 bits per heavy atom. The number of ether oxygens (including phenoxy) is 1. The van der Waals surface area contributed by atoms with E-state index in [0.29, 0.717) is 21.9 Å². The molecule has 0 N–H and O–H groups in total. The Bertz CT molecular complexity index is 775. The first-order chi connectivity index (χ1) is 10.6. The number of halogens is 1. The fourth-order valence-electron chi connectivity index (χ4n) is 1.98. The van der Waals surface area contributed by atoms with Crippen LogP contribution in [0.4, 0.5) is 0 Å². The molecule has 0 saturated carbocycles. The molecule has 0 radical (unpaired) electrons. The number of hydrogen-bond acceptors (Lipinski definition) is 4. The van der Waals surface area contributed by atoms with Gasteiger partial charge in [0.2, 0.25) is 0 Å². The molecule has 6 heteroatoms. The summed E-state index contributed by atoms with van der Waals surface area (Å²) in [6.07, 6.45) is 10.2. The highest BCUT2D eigenvalue weighted by molar-refractivity contribution is 6.33. The van der Waals surface area contributed by atoms with Crippen molar-refractivity contribution < 1.29 is 9.53 Å². The highest BCUT2D eigenvalue weighted by Crippen LogP contribution is 2.23. The number of allylic oxidation sites excluding steroid dienone is 5. The normalized spacial score (nSPS) is 12.0. The maximum Gasteiger partial charge on any atom is 0.341 e. The van der Waals surface area contributed by atoms with Gasteiger partial charge >= 0.3 is 5.97 Å². The summed E-state index contributed by atoms with van der Waals surface area (Å²) in [5.41, 5.74) is 2.01. The number of carbonyl (C=O) groups is 1. The summed E-state index contributed by atoms with van der Waals surface area (Å²) >= 11 is 6.08.